The minimum absolute atomic E-state index is 0.0589. The molecule has 1 heterocycles. The number of ether oxygens (including phenoxy) is 1. The van der Waals surface area contributed by atoms with E-state index in [1.54, 1.807) is 18.3 Å². The molecule has 1 atom stereocenters. The smallest absolute Gasteiger partial charge is 0.282 e. The number of nitrogens with zero attached hydrogens (tertiary/aromatic N) is 3. The number of fused-ring (bicyclic) bond motifs is 1. The molecule has 0 unspecified atom stereocenters. The van der Waals surface area contributed by atoms with Gasteiger partial charge in [0.15, 0.2) is 5.75 Å². The quantitative estimate of drug-likeness (QED) is 0.334. The Bertz CT molecular complexity index is 1180. The van der Waals surface area contributed by atoms with E-state index in [1.165, 1.54) is 11.1 Å². The van der Waals surface area contributed by atoms with Crippen LogP contribution in [0.1, 0.15) is 69.7 Å². The molecule has 32 heavy (non-hydrogen) atoms. The summed E-state index contributed by atoms with van der Waals surface area (Å²) < 4.78 is 8.15. The zero-order valence-electron chi connectivity index (χ0n) is 18.4. The number of benzene rings is 2. The molecule has 0 amide bonds. The summed E-state index contributed by atoms with van der Waals surface area (Å²) in [4.78, 5) is 18.2. The highest BCUT2D eigenvalue weighted by atomic mass is 79.9. The van der Waals surface area contributed by atoms with Crippen molar-refractivity contribution in [3.8, 4) is 5.75 Å². The monoisotopic (exact) mass is 515 g/mol. The van der Waals surface area contributed by atoms with Crippen molar-refractivity contribution in [3.05, 3.63) is 67.6 Å². The lowest BCUT2D eigenvalue weighted by Gasteiger charge is -2.22. The third-order valence-electron chi connectivity index (χ3n) is 5.99. The number of para-hydroxylation sites is 1. The summed E-state index contributed by atoms with van der Waals surface area (Å²) >= 11 is 10.0. The third-order valence-corrected chi connectivity index (χ3v) is 6.86. The zero-order valence-corrected chi connectivity index (χ0v) is 20.7. The fourth-order valence-corrected chi connectivity index (χ4v) is 5.01. The van der Waals surface area contributed by atoms with E-state index < -0.39 is 0 Å². The highest BCUT2D eigenvalue weighted by Gasteiger charge is 2.22. The Balaban J connectivity index is 1.75. The van der Waals surface area contributed by atoms with Crippen LogP contribution < -0.4 is 10.3 Å². The lowest BCUT2D eigenvalue weighted by Crippen LogP contribution is -2.25. The van der Waals surface area contributed by atoms with Crippen LogP contribution in [0.2, 0.25) is 5.02 Å². The van der Waals surface area contributed by atoms with Crippen LogP contribution in [0.4, 0.5) is 0 Å². The van der Waals surface area contributed by atoms with Crippen LogP contribution >= 0.6 is 27.5 Å². The molecule has 3 aromatic rings. The molecule has 0 bridgehead atoms. The summed E-state index contributed by atoms with van der Waals surface area (Å²) in [5.74, 6) is 1.59. The predicted octanol–water partition coefficient (Wildman–Crippen LogP) is 6.92. The van der Waals surface area contributed by atoms with Gasteiger partial charge >= 0.3 is 0 Å². The third kappa shape index (κ3) is 4.91. The summed E-state index contributed by atoms with van der Waals surface area (Å²) in [5, 5.41) is 5.65. The summed E-state index contributed by atoms with van der Waals surface area (Å²) in [6, 6.07) is 11.2. The molecule has 2 aromatic carbocycles. The normalized spacial score (nSPS) is 16.0. The van der Waals surface area contributed by atoms with Crippen LogP contribution in [0.3, 0.4) is 0 Å². The first kappa shape index (κ1) is 23.0. The van der Waals surface area contributed by atoms with Gasteiger partial charge in [0.05, 0.1) is 32.7 Å². The van der Waals surface area contributed by atoms with Gasteiger partial charge in [-0.25, -0.2) is 4.98 Å². The number of aromatic nitrogens is 2. The molecule has 168 valence electrons. The topological polar surface area (TPSA) is 56.5 Å². The predicted molar refractivity (Wildman–Crippen MR) is 134 cm³/mol. The van der Waals surface area contributed by atoms with E-state index >= 15 is 0 Å². The van der Waals surface area contributed by atoms with Crippen LogP contribution in [-0.2, 0) is 0 Å². The minimum atomic E-state index is -0.144. The fourth-order valence-electron chi connectivity index (χ4n) is 4.05. The molecule has 0 spiro atoms. The second-order valence-electron chi connectivity index (χ2n) is 8.33. The molecular formula is C25H27BrClN3O2. The first-order chi connectivity index (χ1) is 15.5. The molecule has 5 nitrogen and oxygen atoms in total. The maximum atomic E-state index is 13.3. The van der Waals surface area contributed by atoms with Crippen molar-refractivity contribution < 1.29 is 4.74 Å². The van der Waals surface area contributed by atoms with Gasteiger partial charge in [-0.3, -0.25) is 4.79 Å². The van der Waals surface area contributed by atoms with Gasteiger partial charge in [0.1, 0.15) is 5.82 Å². The fraction of sp³-hybridized carbons (Fsp3) is 0.400. The molecule has 1 saturated carbocycles. The maximum Gasteiger partial charge on any atom is 0.282 e. The first-order valence-electron chi connectivity index (χ1n) is 11.2. The summed E-state index contributed by atoms with van der Waals surface area (Å²) in [5.41, 5.74) is 1.35. The summed E-state index contributed by atoms with van der Waals surface area (Å²) in [6.45, 7) is 4.07. The van der Waals surface area contributed by atoms with Crippen molar-refractivity contribution >= 4 is 44.6 Å². The van der Waals surface area contributed by atoms with Crippen molar-refractivity contribution in [1.82, 2.24) is 9.66 Å². The van der Waals surface area contributed by atoms with Crippen molar-refractivity contribution in [2.75, 3.05) is 0 Å². The van der Waals surface area contributed by atoms with Crippen LogP contribution in [0, 0.1) is 0 Å². The highest BCUT2D eigenvalue weighted by molar-refractivity contribution is 9.10. The Hall–Kier alpha value is -2.18. The first-order valence-corrected chi connectivity index (χ1v) is 12.4. The van der Waals surface area contributed by atoms with E-state index in [-0.39, 0.29) is 17.6 Å². The van der Waals surface area contributed by atoms with Gasteiger partial charge in [0.2, 0.25) is 0 Å². The highest BCUT2D eigenvalue weighted by Crippen LogP contribution is 2.35. The van der Waals surface area contributed by atoms with Gasteiger partial charge in [-0.1, -0.05) is 49.9 Å². The number of hydrogen-bond acceptors (Lipinski definition) is 4. The minimum Gasteiger partial charge on any atom is -0.488 e. The molecule has 0 saturated heterocycles. The molecule has 7 heteroatoms. The van der Waals surface area contributed by atoms with Gasteiger partial charge in [0, 0.05) is 5.92 Å². The Morgan fingerprint density at radius 3 is 2.75 bits per heavy atom. The molecule has 0 aliphatic heterocycles. The average Bonchev–Trinajstić information content (AvgIpc) is 2.81. The van der Waals surface area contributed by atoms with Gasteiger partial charge in [-0.2, -0.15) is 9.78 Å². The van der Waals surface area contributed by atoms with E-state index in [0.29, 0.717) is 16.2 Å². The van der Waals surface area contributed by atoms with E-state index in [1.807, 2.05) is 31.2 Å². The van der Waals surface area contributed by atoms with Crippen molar-refractivity contribution in [1.29, 1.82) is 0 Å². The molecular weight excluding hydrogens is 490 g/mol. The zero-order chi connectivity index (χ0) is 22.7. The van der Waals surface area contributed by atoms with E-state index in [9.17, 15) is 4.79 Å². The van der Waals surface area contributed by atoms with E-state index in [4.69, 9.17) is 21.3 Å². The molecule has 4 rings (SSSR count). The van der Waals surface area contributed by atoms with Gasteiger partial charge in [-0.15, -0.1) is 0 Å². The second kappa shape index (κ2) is 10.2. The molecule has 1 aliphatic rings. The molecule has 1 fully saturated rings. The number of hydrogen-bond donors (Lipinski definition) is 0. The SMILES string of the molecule is CC[C@H](C)Oc1c(Cl)cc(C=Nn2c(C3CCCCC3)nc3ccccc3c2=O)cc1Br. The van der Waals surface area contributed by atoms with Crippen LogP contribution in [0.25, 0.3) is 10.9 Å². The van der Waals surface area contributed by atoms with E-state index in [2.05, 4.69) is 28.0 Å². The lowest BCUT2D eigenvalue weighted by atomic mass is 9.88. The Labute approximate surface area is 201 Å². The lowest BCUT2D eigenvalue weighted by molar-refractivity contribution is 0.216. The van der Waals surface area contributed by atoms with Gasteiger partial charge in [-0.05, 0) is 71.9 Å². The Kier molecular flexibility index (Phi) is 7.31. The molecule has 1 aliphatic carbocycles. The standard InChI is InChI=1S/C25H27BrClN3O2/c1-3-16(2)32-23-20(26)13-17(14-21(23)27)15-28-30-24(18-9-5-4-6-10-18)29-22-12-8-7-11-19(22)25(30)31/h7-8,11-16,18H,3-6,9-10H2,1-2H3/t16-/m0/s1. The van der Waals surface area contributed by atoms with Gasteiger partial charge < -0.3 is 4.74 Å². The maximum absolute atomic E-state index is 13.3. The number of rotatable bonds is 6. The summed E-state index contributed by atoms with van der Waals surface area (Å²) in [6.07, 6.45) is 8.19. The van der Waals surface area contributed by atoms with E-state index in [0.717, 1.165) is 53.5 Å². The van der Waals surface area contributed by atoms with Gasteiger partial charge in [0.25, 0.3) is 5.56 Å². The largest absolute Gasteiger partial charge is 0.488 e. The Morgan fingerprint density at radius 1 is 1.28 bits per heavy atom. The Morgan fingerprint density at radius 2 is 2.03 bits per heavy atom. The van der Waals surface area contributed by atoms with Crippen molar-refractivity contribution in [3.63, 3.8) is 0 Å². The van der Waals surface area contributed by atoms with Crippen LogP contribution in [0.15, 0.2) is 50.8 Å². The van der Waals surface area contributed by atoms with Crippen LogP contribution in [0.5, 0.6) is 5.75 Å². The second-order valence-corrected chi connectivity index (χ2v) is 9.60. The molecule has 0 radical (unpaired) electrons. The van der Waals surface area contributed by atoms with Crippen molar-refractivity contribution in [2.24, 2.45) is 5.10 Å². The number of halogens is 2. The van der Waals surface area contributed by atoms with Crippen molar-refractivity contribution in [2.45, 2.75) is 64.4 Å². The molecule has 0 N–H and O–H groups in total. The average molecular weight is 517 g/mol. The molecule has 1 aromatic heterocycles. The van der Waals surface area contributed by atoms with Crippen LogP contribution in [-0.4, -0.2) is 22.0 Å². The summed E-state index contributed by atoms with van der Waals surface area (Å²) in [7, 11) is 0.